The Hall–Kier alpha value is -3.57. The molecule has 2 aromatic carbocycles. The Kier molecular flexibility index (Phi) is 7.60. The van der Waals surface area contributed by atoms with Crippen molar-refractivity contribution in [2.75, 3.05) is 43.5 Å². The van der Waals surface area contributed by atoms with E-state index in [2.05, 4.69) is 9.88 Å². The third kappa shape index (κ3) is 4.78. The minimum absolute atomic E-state index is 0.0220. The number of nitrogens with two attached hydrogens (primary N) is 1. The van der Waals surface area contributed by atoms with E-state index in [-0.39, 0.29) is 72.7 Å². The first kappa shape index (κ1) is 31.7. The normalized spacial score (nSPS) is 27.2. The third-order valence-electron chi connectivity index (χ3n) is 10.7. The van der Waals surface area contributed by atoms with Crippen LogP contribution in [0.1, 0.15) is 57.4 Å². The molecule has 4 aliphatic rings. The Labute approximate surface area is 284 Å². The second-order valence-corrected chi connectivity index (χ2v) is 15.1. The van der Waals surface area contributed by atoms with Crippen LogP contribution >= 0.6 is 22.9 Å². The van der Waals surface area contributed by atoms with E-state index >= 15 is 8.78 Å². The highest BCUT2D eigenvalue weighted by molar-refractivity contribution is 7.23. The van der Waals surface area contributed by atoms with E-state index in [0.29, 0.717) is 38.2 Å². The molecule has 48 heavy (non-hydrogen) atoms. The Morgan fingerprint density at radius 1 is 1.21 bits per heavy atom. The largest absolute Gasteiger partial charge is 0.491 e. The average molecular weight is 699 g/mol. The molecule has 2 aromatic heterocycles. The molecule has 0 saturated carbocycles. The number of hydrogen-bond donors (Lipinski definition) is 2. The number of rotatable bonds is 4. The predicted molar refractivity (Wildman–Crippen MR) is 179 cm³/mol. The molecule has 0 amide bonds. The molecule has 6 heterocycles. The number of nitriles is 1. The lowest BCUT2D eigenvalue weighted by Gasteiger charge is -2.41. The summed E-state index contributed by atoms with van der Waals surface area (Å²) in [4.78, 5) is 13.6. The van der Waals surface area contributed by atoms with Crippen LogP contribution in [0, 0.1) is 23.0 Å². The van der Waals surface area contributed by atoms with Gasteiger partial charge < -0.3 is 25.2 Å². The number of anilines is 2. The maximum atomic E-state index is 17.3. The number of halogens is 4. The third-order valence-corrected chi connectivity index (χ3v) is 12.1. The van der Waals surface area contributed by atoms with Crippen molar-refractivity contribution >= 4 is 54.7 Å². The number of alkyl halides is 1. The highest BCUT2D eigenvalue weighted by Crippen LogP contribution is 2.51. The maximum absolute atomic E-state index is 17.3. The SMILES string of the molecule is CC1(O)CCCCN2c3nc(OC[C@@]45CCCN4C[C@H](F)C5)nc4c(F)c(-c5ccc(F)c6sc(N)c(C#N)c56)c(Cl)c(c34)OCCC21. The van der Waals surface area contributed by atoms with Gasteiger partial charge >= 0.3 is 6.01 Å². The summed E-state index contributed by atoms with van der Waals surface area (Å²) in [6, 6.07) is 4.10. The van der Waals surface area contributed by atoms with Crippen molar-refractivity contribution in [3.63, 3.8) is 0 Å². The first-order valence-electron chi connectivity index (χ1n) is 16.3. The zero-order valence-electron chi connectivity index (χ0n) is 26.3. The number of benzene rings is 2. The standard InChI is InChI=1S/C34H34ClF3N6O3S/c1-33(45)8-2-3-11-44-21(33)7-12-46-28-24-27(41-32(42-31(24)44)47-16-34-9-4-10-43(34)15-17(36)13-34)26(38)23(25(28)35)18-5-6-20(37)29-22(18)19(14-39)30(40)48-29/h5-6,17,21,45H,2-4,7-13,15-16,40H2,1H3/t17-,21?,33?,34+/m1/s1. The van der Waals surface area contributed by atoms with Crippen LogP contribution in [0.4, 0.5) is 24.0 Å². The molecule has 8 rings (SSSR count). The number of aromatic nitrogens is 2. The van der Waals surface area contributed by atoms with Gasteiger partial charge in [-0.2, -0.15) is 15.2 Å². The fraction of sp³-hybridized carbons (Fsp3) is 0.500. The quantitative estimate of drug-likeness (QED) is 0.239. The van der Waals surface area contributed by atoms with Crippen LogP contribution in [0.15, 0.2) is 12.1 Å². The van der Waals surface area contributed by atoms with E-state index in [4.69, 9.17) is 31.8 Å². The molecular formula is C34H34ClF3N6O3S. The van der Waals surface area contributed by atoms with Crippen molar-refractivity contribution in [1.82, 2.24) is 14.9 Å². The van der Waals surface area contributed by atoms with Gasteiger partial charge in [0, 0.05) is 36.9 Å². The molecule has 0 spiro atoms. The van der Waals surface area contributed by atoms with Crippen molar-refractivity contribution < 1.29 is 27.8 Å². The smallest absolute Gasteiger partial charge is 0.319 e. The molecule has 0 radical (unpaired) electrons. The van der Waals surface area contributed by atoms with Gasteiger partial charge in [-0.05, 0) is 57.2 Å². The molecule has 3 fully saturated rings. The second-order valence-electron chi connectivity index (χ2n) is 13.7. The van der Waals surface area contributed by atoms with Crippen molar-refractivity contribution in [3.05, 3.63) is 34.4 Å². The summed E-state index contributed by atoms with van der Waals surface area (Å²) in [5, 5.41) is 22.0. The van der Waals surface area contributed by atoms with Crippen molar-refractivity contribution in [2.24, 2.45) is 0 Å². The first-order chi connectivity index (χ1) is 23.0. The molecule has 0 bridgehead atoms. The van der Waals surface area contributed by atoms with Gasteiger partial charge in [-0.25, -0.2) is 13.2 Å². The fourth-order valence-electron chi connectivity index (χ4n) is 8.45. The van der Waals surface area contributed by atoms with Crippen molar-refractivity contribution in [3.8, 4) is 29.0 Å². The van der Waals surface area contributed by atoms with E-state index in [9.17, 15) is 14.8 Å². The summed E-state index contributed by atoms with van der Waals surface area (Å²) in [6.07, 6.45) is 3.61. The zero-order valence-corrected chi connectivity index (χ0v) is 27.9. The number of fused-ring (bicyclic) bond motifs is 4. The molecule has 252 valence electrons. The van der Waals surface area contributed by atoms with Gasteiger partial charge in [-0.3, -0.25) is 4.90 Å². The minimum Gasteiger partial charge on any atom is -0.491 e. The molecule has 3 N–H and O–H groups in total. The second kappa shape index (κ2) is 11.5. The molecule has 0 aliphatic carbocycles. The molecule has 9 nitrogen and oxygen atoms in total. The van der Waals surface area contributed by atoms with Crippen LogP contribution in [0.3, 0.4) is 0 Å². The molecule has 4 atom stereocenters. The van der Waals surface area contributed by atoms with Crippen molar-refractivity contribution in [2.45, 2.75) is 75.2 Å². The summed E-state index contributed by atoms with van der Waals surface area (Å²) >= 11 is 7.96. The topological polar surface area (TPSA) is 121 Å². The van der Waals surface area contributed by atoms with Crippen LogP contribution in [-0.2, 0) is 0 Å². The summed E-state index contributed by atoms with van der Waals surface area (Å²) < 4.78 is 59.6. The average Bonchev–Trinajstić information content (AvgIpc) is 3.65. The van der Waals surface area contributed by atoms with Gasteiger partial charge in [-0.15, -0.1) is 11.3 Å². The zero-order chi connectivity index (χ0) is 33.5. The molecular weight excluding hydrogens is 665 g/mol. The summed E-state index contributed by atoms with van der Waals surface area (Å²) in [7, 11) is 0. The molecule has 14 heteroatoms. The molecule has 4 aliphatic heterocycles. The lowest BCUT2D eigenvalue weighted by atomic mass is 9.88. The van der Waals surface area contributed by atoms with Crippen LogP contribution in [-0.4, -0.2) is 76.2 Å². The molecule has 3 saturated heterocycles. The number of nitrogens with zero attached hydrogens (tertiary/aromatic N) is 5. The number of nitrogen functional groups attached to an aromatic ring is 1. The van der Waals surface area contributed by atoms with Gasteiger partial charge in [0.05, 0.1) is 44.5 Å². The summed E-state index contributed by atoms with van der Waals surface area (Å²) in [5.74, 6) is -0.969. The maximum Gasteiger partial charge on any atom is 0.319 e. The van der Waals surface area contributed by atoms with Crippen molar-refractivity contribution in [1.29, 1.82) is 5.26 Å². The number of aliphatic hydroxyl groups is 1. The highest BCUT2D eigenvalue weighted by atomic mass is 35.5. The molecule has 2 unspecified atom stereocenters. The van der Waals surface area contributed by atoms with Gasteiger partial charge in [-0.1, -0.05) is 17.7 Å². The highest BCUT2D eigenvalue weighted by Gasteiger charge is 2.49. The number of ether oxygens (including phenoxy) is 2. The predicted octanol–water partition coefficient (Wildman–Crippen LogP) is 6.74. The Bertz CT molecular complexity index is 2020. The Morgan fingerprint density at radius 2 is 2.04 bits per heavy atom. The van der Waals surface area contributed by atoms with Gasteiger partial charge in [0.15, 0.2) is 11.6 Å². The van der Waals surface area contributed by atoms with Gasteiger partial charge in [0.2, 0.25) is 0 Å². The Balaban J connectivity index is 1.37. The summed E-state index contributed by atoms with van der Waals surface area (Å²) in [6.45, 7) is 3.74. The number of hydrogen-bond acceptors (Lipinski definition) is 10. The van der Waals surface area contributed by atoms with E-state index in [1.165, 1.54) is 12.1 Å². The van der Waals surface area contributed by atoms with Gasteiger partial charge in [0.1, 0.15) is 41.0 Å². The lowest BCUT2D eigenvalue weighted by molar-refractivity contribution is 0.0184. The van der Waals surface area contributed by atoms with E-state index in [1.54, 1.807) is 6.92 Å². The Morgan fingerprint density at radius 3 is 2.85 bits per heavy atom. The van der Waals surface area contributed by atoms with Crippen LogP contribution < -0.4 is 20.1 Å². The summed E-state index contributed by atoms with van der Waals surface area (Å²) in [5.41, 5.74) is 4.45. The number of thiophene rings is 1. The van der Waals surface area contributed by atoms with Crippen LogP contribution in [0.5, 0.6) is 11.8 Å². The van der Waals surface area contributed by atoms with E-state index in [0.717, 1.165) is 43.6 Å². The van der Waals surface area contributed by atoms with Crippen LogP contribution in [0.2, 0.25) is 5.02 Å². The van der Waals surface area contributed by atoms with E-state index in [1.807, 2.05) is 11.0 Å². The molecule has 4 aromatic rings. The lowest BCUT2D eigenvalue weighted by Crippen LogP contribution is -2.51. The minimum atomic E-state index is -1.09. The van der Waals surface area contributed by atoms with Gasteiger partial charge in [0.25, 0.3) is 0 Å². The fourth-order valence-corrected chi connectivity index (χ4v) is 9.73. The van der Waals surface area contributed by atoms with Crippen LogP contribution in [0.25, 0.3) is 32.1 Å². The van der Waals surface area contributed by atoms with E-state index < -0.39 is 35.0 Å². The monoisotopic (exact) mass is 698 g/mol. The first-order valence-corrected chi connectivity index (χ1v) is 17.5.